The van der Waals surface area contributed by atoms with Gasteiger partial charge in [-0.1, -0.05) is 17.4 Å². The number of likely N-dealkylation sites (tertiary alicyclic amines) is 1. The van der Waals surface area contributed by atoms with Gasteiger partial charge in [-0.25, -0.2) is 9.48 Å². The average Bonchev–Trinajstić information content (AvgIpc) is 3.48. The van der Waals surface area contributed by atoms with Crippen molar-refractivity contribution in [2.45, 2.75) is 18.8 Å². The van der Waals surface area contributed by atoms with E-state index in [-0.39, 0.29) is 18.2 Å². The van der Waals surface area contributed by atoms with Crippen molar-refractivity contribution in [2.24, 2.45) is 11.8 Å². The molecule has 0 aliphatic carbocycles. The minimum absolute atomic E-state index is 0.0530. The standard InChI is InChI=1S/C19H21N5O3/c1-26-14-4-2-13(3-5-14)24-9-12(21-22-24)8-20-19(25)23-10-15-16(11-23)18-7-6-17(15)27-18/h2-7,9,15-18H,8,10-11H2,1H3,(H,20,25). The molecule has 140 valence electrons. The summed E-state index contributed by atoms with van der Waals surface area (Å²) in [5.74, 6) is 1.65. The molecule has 4 atom stereocenters. The second kappa shape index (κ2) is 6.38. The number of aromatic nitrogens is 3. The second-order valence-electron chi connectivity index (χ2n) is 7.19. The first-order chi connectivity index (χ1) is 13.2. The van der Waals surface area contributed by atoms with Gasteiger partial charge in [-0.05, 0) is 24.3 Å². The molecule has 27 heavy (non-hydrogen) atoms. The van der Waals surface area contributed by atoms with Crippen molar-refractivity contribution >= 4 is 6.03 Å². The number of fused-ring (bicyclic) bond motifs is 5. The fraction of sp³-hybridized carbons (Fsp3) is 0.421. The van der Waals surface area contributed by atoms with Crippen LogP contribution in [0.5, 0.6) is 5.75 Å². The Morgan fingerprint density at radius 1 is 1.22 bits per heavy atom. The highest BCUT2D eigenvalue weighted by Gasteiger charge is 2.51. The van der Waals surface area contributed by atoms with Gasteiger partial charge in [0.1, 0.15) is 11.4 Å². The number of rotatable bonds is 4. The molecular formula is C19H21N5O3. The molecule has 0 radical (unpaired) electrons. The minimum Gasteiger partial charge on any atom is -0.497 e. The van der Waals surface area contributed by atoms with Crippen LogP contribution in [-0.2, 0) is 11.3 Å². The lowest BCUT2D eigenvalue weighted by atomic mass is 9.86. The summed E-state index contributed by atoms with van der Waals surface area (Å²) in [5.41, 5.74) is 1.60. The maximum Gasteiger partial charge on any atom is 0.317 e. The van der Waals surface area contributed by atoms with Crippen molar-refractivity contribution in [2.75, 3.05) is 20.2 Å². The number of ether oxygens (including phenoxy) is 2. The zero-order valence-corrected chi connectivity index (χ0v) is 15.0. The fourth-order valence-electron chi connectivity index (χ4n) is 4.21. The van der Waals surface area contributed by atoms with E-state index in [0.29, 0.717) is 24.1 Å². The summed E-state index contributed by atoms with van der Waals surface area (Å²) in [5, 5.41) is 11.2. The van der Waals surface area contributed by atoms with E-state index in [2.05, 4.69) is 27.8 Å². The van der Waals surface area contributed by atoms with Gasteiger partial charge in [0.25, 0.3) is 0 Å². The topological polar surface area (TPSA) is 81.5 Å². The molecule has 3 aliphatic rings. The minimum atomic E-state index is -0.0530. The van der Waals surface area contributed by atoms with Crippen LogP contribution in [-0.4, -0.2) is 58.3 Å². The van der Waals surface area contributed by atoms with Crippen LogP contribution in [0, 0.1) is 11.8 Å². The molecule has 8 nitrogen and oxygen atoms in total. The number of nitrogens with zero attached hydrogens (tertiary/aromatic N) is 4. The summed E-state index contributed by atoms with van der Waals surface area (Å²) >= 11 is 0. The highest BCUT2D eigenvalue weighted by atomic mass is 16.5. The van der Waals surface area contributed by atoms with Crippen molar-refractivity contribution < 1.29 is 14.3 Å². The molecule has 0 spiro atoms. The van der Waals surface area contributed by atoms with Crippen molar-refractivity contribution in [3.05, 3.63) is 48.3 Å². The Labute approximate surface area is 156 Å². The highest BCUT2D eigenvalue weighted by Crippen LogP contribution is 2.43. The van der Waals surface area contributed by atoms with Crippen LogP contribution >= 0.6 is 0 Å². The van der Waals surface area contributed by atoms with E-state index in [4.69, 9.17) is 9.47 Å². The summed E-state index contributed by atoms with van der Waals surface area (Å²) in [7, 11) is 1.63. The summed E-state index contributed by atoms with van der Waals surface area (Å²) in [6.45, 7) is 1.85. The smallest absolute Gasteiger partial charge is 0.317 e. The lowest BCUT2D eigenvalue weighted by molar-refractivity contribution is 0.0882. The zero-order chi connectivity index (χ0) is 18.4. The molecule has 2 bridgehead atoms. The van der Waals surface area contributed by atoms with Gasteiger partial charge in [0.15, 0.2) is 0 Å². The molecule has 1 aromatic heterocycles. The Hall–Kier alpha value is -2.87. The number of hydrogen-bond acceptors (Lipinski definition) is 5. The number of hydrogen-bond donors (Lipinski definition) is 1. The van der Waals surface area contributed by atoms with Crippen LogP contribution in [0.4, 0.5) is 4.79 Å². The van der Waals surface area contributed by atoms with E-state index >= 15 is 0 Å². The molecule has 4 heterocycles. The summed E-state index contributed by atoms with van der Waals surface area (Å²) in [6.07, 6.45) is 6.44. The van der Waals surface area contributed by atoms with Crippen LogP contribution in [0.2, 0.25) is 0 Å². The number of methoxy groups -OCH3 is 1. The molecule has 1 aromatic carbocycles. The number of nitrogens with one attached hydrogen (secondary N) is 1. The lowest BCUT2D eigenvalue weighted by Crippen LogP contribution is -2.39. The summed E-state index contributed by atoms with van der Waals surface area (Å²) in [6, 6.07) is 7.50. The molecule has 2 saturated heterocycles. The van der Waals surface area contributed by atoms with Crippen molar-refractivity contribution in [3.8, 4) is 11.4 Å². The molecule has 5 rings (SSSR count). The third-order valence-electron chi connectivity index (χ3n) is 5.65. The summed E-state index contributed by atoms with van der Waals surface area (Å²) in [4.78, 5) is 14.4. The predicted octanol–water partition coefficient (Wildman–Crippen LogP) is 1.37. The molecule has 3 aliphatic heterocycles. The van der Waals surface area contributed by atoms with Crippen molar-refractivity contribution in [1.82, 2.24) is 25.2 Å². The van der Waals surface area contributed by atoms with Crippen LogP contribution in [0.3, 0.4) is 0 Å². The highest BCUT2D eigenvalue weighted by molar-refractivity contribution is 5.74. The first kappa shape index (κ1) is 16.3. The molecule has 2 amide bonds. The van der Waals surface area contributed by atoms with E-state index < -0.39 is 0 Å². The van der Waals surface area contributed by atoms with E-state index in [1.165, 1.54) is 0 Å². The van der Waals surface area contributed by atoms with Gasteiger partial charge in [0.2, 0.25) is 0 Å². The monoisotopic (exact) mass is 367 g/mol. The van der Waals surface area contributed by atoms with Gasteiger partial charge in [-0.15, -0.1) is 5.10 Å². The molecule has 2 fully saturated rings. The number of carbonyl (C=O) groups excluding carboxylic acids is 1. The van der Waals surface area contributed by atoms with Gasteiger partial charge in [0, 0.05) is 24.9 Å². The second-order valence-corrected chi connectivity index (χ2v) is 7.19. The Kier molecular flexibility index (Phi) is 3.86. The number of urea groups is 1. The quantitative estimate of drug-likeness (QED) is 0.826. The Morgan fingerprint density at radius 3 is 2.59 bits per heavy atom. The predicted molar refractivity (Wildman–Crippen MR) is 96.5 cm³/mol. The number of amides is 2. The fourth-order valence-corrected chi connectivity index (χ4v) is 4.21. The number of carbonyl (C=O) groups is 1. The van der Waals surface area contributed by atoms with Gasteiger partial charge >= 0.3 is 6.03 Å². The van der Waals surface area contributed by atoms with Crippen LogP contribution in [0.15, 0.2) is 42.6 Å². The molecule has 2 aromatic rings. The Bertz CT molecular complexity index is 858. The van der Waals surface area contributed by atoms with E-state index in [0.717, 1.165) is 24.5 Å². The van der Waals surface area contributed by atoms with Crippen molar-refractivity contribution in [3.63, 3.8) is 0 Å². The van der Waals surface area contributed by atoms with Crippen LogP contribution < -0.4 is 10.1 Å². The Balaban J connectivity index is 1.17. The zero-order valence-electron chi connectivity index (χ0n) is 15.0. The van der Waals surface area contributed by atoms with Gasteiger partial charge in [-0.2, -0.15) is 0 Å². The maximum atomic E-state index is 12.5. The molecular weight excluding hydrogens is 346 g/mol. The van der Waals surface area contributed by atoms with Gasteiger partial charge in [0.05, 0.1) is 37.7 Å². The Morgan fingerprint density at radius 2 is 1.93 bits per heavy atom. The third kappa shape index (κ3) is 2.86. The van der Waals surface area contributed by atoms with Crippen molar-refractivity contribution in [1.29, 1.82) is 0 Å². The number of benzene rings is 1. The summed E-state index contributed by atoms with van der Waals surface area (Å²) < 4.78 is 12.7. The first-order valence-corrected chi connectivity index (χ1v) is 9.13. The lowest BCUT2D eigenvalue weighted by Gasteiger charge is -2.19. The molecule has 4 unspecified atom stereocenters. The SMILES string of the molecule is COc1ccc(-n2cc(CNC(=O)N3CC4C5C=CC(O5)C4C3)nn2)cc1. The van der Waals surface area contributed by atoms with Gasteiger partial charge < -0.3 is 19.7 Å². The molecule has 8 heteroatoms. The maximum absolute atomic E-state index is 12.5. The van der Waals surface area contributed by atoms with Crippen LogP contribution in [0.25, 0.3) is 5.69 Å². The van der Waals surface area contributed by atoms with E-state index in [1.54, 1.807) is 11.8 Å². The molecule has 0 saturated carbocycles. The largest absolute Gasteiger partial charge is 0.497 e. The van der Waals surface area contributed by atoms with Gasteiger partial charge in [-0.3, -0.25) is 0 Å². The molecule has 1 N–H and O–H groups in total. The average molecular weight is 367 g/mol. The first-order valence-electron chi connectivity index (χ1n) is 9.13. The normalized spacial score (nSPS) is 27.8. The van der Waals surface area contributed by atoms with E-state index in [1.807, 2.05) is 35.4 Å². The van der Waals surface area contributed by atoms with E-state index in [9.17, 15) is 4.79 Å². The third-order valence-corrected chi connectivity index (χ3v) is 5.65. The van der Waals surface area contributed by atoms with Crippen LogP contribution in [0.1, 0.15) is 5.69 Å².